The Morgan fingerprint density at radius 3 is 2.48 bits per heavy atom. The molecule has 0 radical (unpaired) electrons. The van der Waals surface area contributed by atoms with Crippen molar-refractivity contribution in [3.05, 3.63) is 65.7 Å². The first-order chi connectivity index (χ1) is 12.2. The molecule has 2 aromatic carbocycles. The molecular formula is C19H21N3O3. The lowest BCUT2D eigenvalue weighted by atomic mass is 10.1. The normalized spacial score (nSPS) is 16.4. The highest BCUT2D eigenvalue weighted by atomic mass is 16.5. The van der Waals surface area contributed by atoms with Crippen molar-refractivity contribution in [3.63, 3.8) is 0 Å². The molecule has 1 saturated heterocycles. The van der Waals surface area contributed by atoms with Gasteiger partial charge in [0.25, 0.3) is 5.91 Å². The summed E-state index contributed by atoms with van der Waals surface area (Å²) < 4.78 is 0. The summed E-state index contributed by atoms with van der Waals surface area (Å²) in [6.45, 7) is 1.39. The molecule has 0 unspecified atom stereocenters. The Morgan fingerprint density at radius 1 is 1.16 bits per heavy atom. The maximum absolute atomic E-state index is 11.6. The zero-order valence-corrected chi connectivity index (χ0v) is 13.8. The largest absolute Gasteiger partial charge is 0.366 e. The molecular weight excluding hydrogens is 318 g/mol. The van der Waals surface area contributed by atoms with Gasteiger partial charge in [0.05, 0.1) is 6.04 Å². The molecule has 0 spiro atoms. The summed E-state index contributed by atoms with van der Waals surface area (Å²) >= 11 is 0. The summed E-state index contributed by atoms with van der Waals surface area (Å²) in [5.74, 6) is -0.480. The molecule has 6 heteroatoms. The first-order valence-corrected chi connectivity index (χ1v) is 8.29. The number of hydrogen-bond donors (Lipinski definition) is 3. The topological polar surface area (TPSA) is 81.7 Å². The van der Waals surface area contributed by atoms with Gasteiger partial charge in [0.1, 0.15) is 0 Å². The summed E-state index contributed by atoms with van der Waals surface area (Å²) in [5.41, 5.74) is 4.20. The summed E-state index contributed by atoms with van der Waals surface area (Å²) in [6.07, 6.45) is 1.33. The molecule has 0 bridgehead atoms. The number of nitrogens with one attached hydrogen (secondary N) is 2. The summed E-state index contributed by atoms with van der Waals surface area (Å²) in [5, 5.41) is 11.6. The van der Waals surface area contributed by atoms with Gasteiger partial charge < -0.3 is 10.2 Å². The molecule has 0 aromatic heterocycles. The smallest absolute Gasteiger partial charge is 0.274 e. The highest BCUT2D eigenvalue weighted by molar-refractivity contribution is 5.93. The number of benzene rings is 2. The van der Waals surface area contributed by atoms with Crippen molar-refractivity contribution in [3.8, 4) is 0 Å². The van der Waals surface area contributed by atoms with Crippen LogP contribution in [0.2, 0.25) is 0 Å². The lowest BCUT2D eigenvalue weighted by molar-refractivity contribution is -0.119. The third-order valence-corrected chi connectivity index (χ3v) is 4.44. The third-order valence-electron chi connectivity index (χ3n) is 4.44. The Labute approximate surface area is 146 Å². The van der Waals surface area contributed by atoms with Crippen LogP contribution in [0, 0.1) is 0 Å². The van der Waals surface area contributed by atoms with Crippen molar-refractivity contribution in [2.24, 2.45) is 0 Å². The first-order valence-electron chi connectivity index (χ1n) is 8.29. The fourth-order valence-corrected chi connectivity index (χ4v) is 3.10. The summed E-state index contributed by atoms with van der Waals surface area (Å²) in [6, 6.07) is 17.3. The van der Waals surface area contributed by atoms with Gasteiger partial charge in [0.15, 0.2) is 0 Å². The molecule has 1 heterocycles. The average molecular weight is 339 g/mol. The molecule has 1 fully saturated rings. The molecule has 3 N–H and O–H groups in total. The van der Waals surface area contributed by atoms with E-state index in [-0.39, 0.29) is 11.9 Å². The molecule has 3 rings (SSSR count). The van der Waals surface area contributed by atoms with E-state index in [1.54, 1.807) is 17.6 Å². The van der Waals surface area contributed by atoms with Gasteiger partial charge in [-0.05, 0) is 36.2 Å². The van der Waals surface area contributed by atoms with Gasteiger partial charge in [0, 0.05) is 30.8 Å². The van der Waals surface area contributed by atoms with Gasteiger partial charge >= 0.3 is 0 Å². The molecule has 2 amide bonds. The van der Waals surface area contributed by atoms with Crippen molar-refractivity contribution in [2.75, 3.05) is 18.0 Å². The number of amides is 2. The van der Waals surface area contributed by atoms with Crippen LogP contribution in [0.15, 0.2) is 54.6 Å². The van der Waals surface area contributed by atoms with Gasteiger partial charge in [-0.3, -0.25) is 14.8 Å². The van der Waals surface area contributed by atoms with Crippen molar-refractivity contribution in [2.45, 2.75) is 18.9 Å². The van der Waals surface area contributed by atoms with Crippen molar-refractivity contribution >= 4 is 17.5 Å². The lowest BCUT2D eigenvalue weighted by Gasteiger charge is -2.30. The molecule has 2 aromatic rings. The minimum absolute atomic E-state index is 0.0611. The van der Waals surface area contributed by atoms with E-state index in [1.807, 2.05) is 30.3 Å². The molecule has 25 heavy (non-hydrogen) atoms. The number of nitrogens with zero attached hydrogens (tertiary/aromatic N) is 1. The van der Waals surface area contributed by atoms with Crippen LogP contribution >= 0.6 is 0 Å². The van der Waals surface area contributed by atoms with Crippen LogP contribution in [-0.4, -0.2) is 36.2 Å². The maximum atomic E-state index is 11.6. The number of anilines is 1. The van der Waals surface area contributed by atoms with E-state index < -0.39 is 5.91 Å². The zero-order chi connectivity index (χ0) is 17.6. The van der Waals surface area contributed by atoms with Gasteiger partial charge in [-0.25, -0.2) is 5.48 Å². The summed E-state index contributed by atoms with van der Waals surface area (Å²) in [4.78, 5) is 25.3. The maximum Gasteiger partial charge on any atom is 0.274 e. The van der Waals surface area contributed by atoms with E-state index in [9.17, 15) is 9.59 Å². The first kappa shape index (κ1) is 17.0. The highest BCUT2D eigenvalue weighted by Gasteiger charge is 2.27. The van der Waals surface area contributed by atoms with Crippen LogP contribution < -0.4 is 15.7 Å². The molecule has 0 saturated carbocycles. The fraction of sp³-hybridized carbons (Fsp3) is 0.263. The molecule has 130 valence electrons. The van der Waals surface area contributed by atoms with Crippen LogP contribution in [-0.2, 0) is 11.2 Å². The van der Waals surface area contributed by atoms with Crippen LogP contribution in [0.1, 0.15) is 22.3 Å². The second-order valence-corrected chi connectivity index (χ2v) is 6.08. The molecule has 1 aliphatic rings. The van der Waals surface area contributed by atoms with E-state index in [2.05, 4.69) is 22.3 Å². The Bertz CT molecular complexity index is 731. The lowest BCUT2D eigenvalue weighted by Crippen LogP contribution is -2.38. The van der Waals surface area contributed by atoms with Crippen LogP contribution in [0.4, 0.5) is 5.69 Å². The van der Waals surface area contributed by atoms with Crippen molar-refractivity contribution in [1.82, 2.24) is 10.8 Å². The quantitative estimate of drug-likeness (QED) is 0.553. The van der Waals surface area contributed by atoms with Gasteiger partial charge in [0.2, 0.25) is 5.91 Å². The Balaban J connectivity index is 1.78. The van der Waals surface area contributed by atoms with E-state index in [4.69, 9.17) is 5.21 Å². The Morgan fingerprint density at radius 2 is 1.88 bits per heavy atom. The molecule has 6 nitrogen and oxygen atoms in total. The Hall–Kier alpha value is -2.86. The second-order valence-electron chi connectivity index (χ2n) is 6.08. The zero-order valence-electron chi connectivity index (χ0n) is 13.8. The highest BCUT2D eigenvalue weighted by Crippen LogP contribution is 2.22. The predicted octanol–water partition coefficient (Wildman–Crippen LogP) is 1.74. The minimum Gasteiger partial charge on any atom is -0.366 e. The van der Waals surface area contributed by atoms with E-state index in [0.717, 1.165) is 18.7 Å². The van der Waals surface area contributed by atoms with Crippen molar-refractivity contribution in [1.29, 1.82) is 0 Å². The van der Waals surface area contributed by atoms with Crippen LogP contribution in [0.3, 0.4) is 0 Å². The van der Waals surface area contributed by atoms with Crippen LogP contribution in [0.5, 0.6) is 0 Å². The Kier molecular flexibility index (Phi) is 5.30. The number of hydroxylamine groups is 1. The number of hydrogen-bond acceptors (Lipinski definition) is 4. The summed E-state index contributed by atoms with van der Waals surface area (Å²) in [7, 11) is 0. The predicted molar refractivity (Wildman–Crippen MR) is 94.6 cm³/mol. The molecule has 0 aliphatic carbocycles. The van der Waals surface area contributed by atoms with Gasteiger partial charge in [-0.2, -0.15) is 0 Å². The number of carbonyl (C=O) groups excluding carboxylic acids is 2. The third kappa shape index (κ3) is 4.16. The van der Waals surface area contributed by atoms with Crippen LogP contribution in [0.25, 0.3) is 0 Å². The minimum atomic E-state index is -0.542. The van der Waals surface area contributed by atoms with Gasteiger partial charge in [-0.1, -0.05) is 30.3 Å². The van der Waals surface area contributed by atoms with E-state index in [0.29, 0.717) is 18.5 Å². The van der Waals surface area contributed by atoms with Gasteiger partial charge in [-0.15, -0.1) is 0 Å². The monoisotopic (exact) mass is 339 g/mol. The molecule has 1 atom stereocenters. The fourth-order valence-electron chi connectivity index (χ4n) is 3.10. The van der Waals surface area contributed by atoms with E-state index >= 15 is 0 Å². The van der Waals surface area contributed by atoms with E-state index in [1.165, 1.54) is 5.56 Å². The number of rotatable bonds is 6. The van der Waals surface area contributed by atoms with Crippen molar-refractivity contribution < 1.29 is 14.8 Å². The number of carbonyl (C=O) groups is 2. The average Bonchev–Trinajstić information content (AvgIpc) is 3.09. The second kappa shape index (κ2) is 7.81. The SMILES string of the molecule is O=C1C[C@@H](N(CCc2ccccc2)c2ccc(C(=O)NO)cc2)CN1. The molecule has 1 aliphatic heterocycles. The standard InChI is InChI=1S/C19H21N3O3/c23-18-12-17(13-20-18)22(11-10-14-4-2-1-3-5-14)16-8-6-15(7-9-16)19(24)21-25/h1-9,17,25H,10-13H2,(H,20,23)(H,21,24)/t17-/m1/s1.